The molecule has 4 atom stereocenters. The minimum atomic E-state index is -3.12. The van der Waals surface area contributed by atoms with E-state index in [2.05, 4.69) is 0 Å². The minimum absolute atomic E-state index is 0.00158. The van der Waals surface area contributed by atoms with Gasteiger partial charge in [0, 0.05) is 61.6 Å². The number of alkyl halides is 2. The first kappa shape index (κ1) is 31.2. The Labute approximate surface area is 257 Å². The molecule has 1 aromatic heterocycles. The molecule has 7 N–H and O–H groups in total. The number of likely N-dealkylation sites (tertiary alicyclic amines) is 1. The number of phenols is 1. The van der Waals surface area contributed by atoms with Crippen molar-refractivity contribution in [3.05, 3.63) is 58.1 Å². The summed E-state index contributed by atoms with van der Waals surface area (Å²) in [6.45, 7) is 0.794. The van der Waals surface area contributed by atoms with Crippen molar-refractivity contribution in [2.75, 3.05) is 27.2 Å². The number of nitrogens with two attached hydrogens (primary N) is 1. The van der Waals surface area contributed by atoms with E-state index < -0.39 is 64.3 Å². The van der Waals surface area contributed by atoms with Crippen LogP contribution in [0.1, 0.15) is 42.4 Å². The van der Waals surface area contributed by atoms with Gasteiger partial charge < -0.3 is 40.6 Å². The van der Waals surface area contributed by atoms with Gasteiger partial charge in [-0.2, -0.15) is 0 Å². The number of hydrogen-bond acceptors (Lipinski definition) is 10. The van der Waals surface area contributed by atoms with Crippen molar-refractivity contribution < 1.29 is 48.3 Å². The highest BCUT2D eigenvalue weighted by Gasteiger charge is 2.59. The van der Waals surface area contributed by atoms with Gasteiger partial charge in [0.2, 0.25) is 5.79 Å². The van der Waals surface area contributed by atoms with Crippen LogP contribution in [0.2, 0.25) is 0 Å². The number of piperidine rings is 1. The van der Waals surface area contributed by atoms with Crippen molar-refractivity contribution in [2.24, 2.45) is 23.5 Å². The highest BCUT2D eigenvalue weighted by atomic mass is 19.3. The number of nitrogens with zero attached hydrogens (tertiary/aromatic N) is 2. The van der Waals surface area contributed by atoms with Crippen molar-refractivity contribution in [2.45, 2.75) is 56.4 Å². The van der Waals surface area contributed by atoms with E-state index in [0.717, 1.165) is 5.56 Å². The number of benzene rings is 1. The highest BCUT2D eigenvalue weighted by Crippen LogP contribution is 2.53. The van der Waals surface area contributed by atoms with Gasteiger partial charge in [-0.1, -0.05) is 0 Å². The molecule has 1 saturated heterocycles. The number of carbonyl (C=O) groups excluding carboxylic acids is 2. The first-order chi connectivity index (χ1) is 21.1. The van der Waals surface area contributed by atoms with Crippen LogP contribution in [0.4, 0.5) is 8.78 Å². The van der Waals surface area contributed by atoms with E-state index in [-0.39, 0.29) is 62.1 Å². The number of Topliss-reactive ketones (excluding diaryl/α,β-unsaturated/α-hetero) is 1. The predicted octanol–water partition coefficient (Wildman–Crippen LogP) is 2.84. The fourth-order valence-corrected chi connectivity index (χ4v) is 7.89. The Hall–Kier alpha value is -3.78. The average molecular weight is 630 g/mol. The van der Waals surface area contributed by atoms with Crippen LogP contribution in [0, 0.1) is 17.8 Å². The molecule has 0 bridgehead atoms. The molecule has 4 aliphatic rings. The SMILES string of the molecule is CN(C)[C@@H]1CC(O)=C(C(N)=O)C(O)(O)C2C(=O)C3=C(O)c4c(O)ccc(-c5occc5CN5CCC(F)(F)CC5)c4CC3CC21. The number of carbonyl (C=O) groups is 2. The highest BCUT2D eigenvalue weighted by molar-refractivity contribution is 6.07. The average Bonchev–Trinajstić information content (AvgIpc) is 3.36. The molecule has 1 saturated carbocycles. The second-order valence-corrected chi connectivity index (χ2v) is 12.9. The van der Waals surface area contributed by atoms with E-state index in [1.807, 2.05) is 4.90 Å². The topological polar surface area (TPSA) is 181 Å². The molecule has 1 amide bonds. The zero-order valence-corrected chi connectivity index (χ0v) is 25.0. The fourth-order valence-electron chi connectivity index (χ4n) is 7.89. The summed E-state index contributed by atoms with van der Waals surface area (Å²) in [6.07, 6.45) is 1.20. The van der Waals surface area contributed by atoms with Gasteiger partial charge >= 0.3 is 0 Å². The number of fused-ring (bicyclic) bond motifs is 3. The van der Waals surface area contributed by atoms with Gasteiger partial charge in [-0.05, 0) is 62.5 Å². The molecule has 0 radical (unpaired) electrons. The van der Waals surface area contributed by atoms with Crippen LogP contribution < -0.4 is 5.73 Å². The van der Waals surface area contributed by atoms with Gasteiger partial charge in [-0.25, -0.2) is 8.78 Å². The molecule has 3 aliphatic carbocycles. The van der Waals surface area contributed by atoms with Crippen LogP contribution >= 0.6 is 0 Å². The summed E-state index contributed by atoms with van der Waals surface area (Å²) >= 11 is 0. The standard InChI is InChI=1S/C32H37F2N3O8/c1-36(2)20-13-22(39)26(30(35)42)32(43,44)25-19(20)12-16-11-18-17(3-4-21(38)24(18)27(40)23(16)28(25)41)29-15(5-10-45-29)14-37-8-6-31(33,34)7-9-37/h3-5,10,16,19-20,25,38-40,43-44H,6-9,11-14H2,1-2H3,(H2,35,42)/t16?,19?,20-,25?/m1/s1. The van der Waals surface area contributed by atoms with Crippen LogP contribution in [0.25, 0.3) is 17.1 Å². The van der Waals surface area contributed by atoms with Gasteiger partial charge in [0.15, 0.2) is 5.78 Å². The number of aliphatic hydroxyl groups excluding tert-OH is 2. The third-order valence-electron chi connectivity index (χ3n) is 10.0. The summed E-state index contributed by atoms with van der Waals surface area (Å²) < 4.78 is 33.4. The molecule has 13 heteroatoms. The maximum Gasteiger partial charge on any atom is 0.253 e. The minimum Gasteiger partial charge on any atom is -0.512 e. The van der Waals surface area contributed by atoms with Crippen LogP contribution in [0.15, 0.2) is 45.8 Å². The maximum atomic E-state index is 14.2. The molecule has 6 rings (SSSR count). The van der Waals surface area contributed by atoms with E-state index in [9.17, 15) is 43.9 Å². The summed E-state index contributed by atoms with van der Waals surface area (Å²) in [5.74, 6) is -12.0. The molecule has 2 heterocycles. The largest absolute Gasteiger partial charge is 0.512 e. The number of halogens is 2. The number of allylic oxidation sites excluding steroid dienone is 1. The normalized spacial score (nSPS) is 28.0. The Balaban J connectivity index is 1.43. The summed E-state index contributed by atoms with van der Waals surface area (Å²) in [4.78, 5) is 30.1. The zero-order valence-electron chi connectivity index (χ0n) is 25.0. The molecule has 3 unspecified atom stereocenters. The lowest BCUT2D eigenvalue weighted by molar-refractivity contribution is -0.193. The van der Waals surface area contributed by atoms with Gasteiger partial charge in [0.05, 0.1) is 17.7 Å². The predicted molar refractivity (Wildman–Crippen MR) is 157 cm³/mol. The summed E-state index contributed by atoms with van der Waals surface area (Å²) in [7, 11) is 3.42. The molecular weight excluding hydrogens is 592 g/mol. The first-order valence-electron chi connectivity index (χ1n) is 15.0. The smallest absolute Gasteiger partial charge is 0.253 e. The van der Waals surface area contributed by atoms with Crippen molar-refractivity contribution in [1.82, 2.24) is 9.80 Å². The molecular formula is C32H37F2N3O8. The Bertz CT molecular complexity index is 1620. The second kappa shape index (κ2) is 10.9. The zero-order chi connectivity index (χ0) is 32.6. The maximum absolute atomic E-state index is 14.2. The molecule has 2 aromatic rings. The van der Waals surface area contributed by atoms with Crippen molar-refractivity contribution in [3.8, 4) is 17.1 Å². The third-order valence-corrected chi connectivity index (χ3v) is 10.0. The lowest BCUT2D eigenvalue weighted by Gasteiger charge is -2.46. The summed E-state index contributed by atoms with van der Waals surface area (Å²) in [6, 6.07) is 4.16. The van der Waals surface area contributed by atoms with E-state index >= 15 is 0 Å². The molecule has 1 aromatic carbocycles. The molecule has 2 fully saturated rings. The number of aromatic hydroxyl groups is 1. The Morgan fingerprint density at radius 2 is 1.80 bits per heavy atom. The number of primary amides is 1. The van der Waals surface area contributed by atoms with Gasteiger partial charge in [-0.15, -0.1) is 0 Å². The van der Waals surface area contributed by atoms with E-state index in [1.54, 1.807) is 31.1 Å². The van der Waals surface area contributed by atoms with Crippen molar-refractivity contribution in [1.29, 1.82) is 0 Å². The van der Waals surface area contributed by atoms with E-state index in [1.165, 1.54) is 12.3 Å². The van der Waals surface area contributed by atoms with Crippen LogP contribution in [-0.2, 0) is 22.6 Å². The monoisotopic (exact) mass is 629 g/mol. The summed E-state index contributed by atoms with van der Waals surface area (Å²) in [5.41, 5.74) is 6.28. The van der Waals surface area contributed by atoms with Gasteiger partial charge in [-0.3, -0.25) is 14.5 Å². The van der Waals surface area contributed by atoms with Crippen LogP contribution in [0.3, 0.4) is 0 Å². The van der Waals surface area contributed by atoms with E-state index in [4.69, 9.17) is 10.2 Å². The molecule has 242 valence electrons. The lowest BCUT2D eigenvalue weighted by Crippen LogP contribution is -2.56. The van der Waals surface area contributed by atoms with E-state index in [0.29, 0.717) is 23.4 Å². The van der Waals surface area contributed by atoms with Gasteiger partial charge in [0.1, 0.15) is 28.6 Å². The number of ketones is 1. The number of amides is 1. The van der Waals surface area contributed by atoms with Crippen LogP contribution in [-0.4, -0.2) is 92.0 Å². The number of rotatable bonds is 5. The summed E-state index contributed by atoms with van der Waals surface area (Å²) in [5, 5.41) is 55.9. The number of hydrogen-bond donors (Lipinski definition) is 6. The Morgan fingerprint density at radius 1 is 1.11 bits per heavy atom. The van der Waals surface area contributed by atoms with Crippen molar-refractivity contribution in [3.63, 3.8) is 0 Å². The quantitative estimate of drug-likeness (QED) is 0.269. The third kappa shape index (κ3) is 5.11. The number of phenolic OH excluding ortho intramolecular Hbond substituents is 1. The fraction of sp³-hybridized carbons (Fsp3) is 0.500. The van der Waals surface area contributed by atoms with Crippen molar-refractivity contribution >= 4 is 17.4 Å². The molecule has 0 spiro atoms. The Morgan fingerprint density at radius 3 is 2.44 bits per heavy atom. The molecule has 45 heavy (non-hydrogen) atoms. The van der Waals surface area contributed by atoms with Gasteiger partial charge in [0.25, 0.3) is 11.8 Å². The second-order valence-electron chi connectivity index (χ2n) is 12.9. The number of aliphatic hydroxyl groups is 4. The first-order valence-corrected chi connectivity index (χ1v) is 15.0. The number of furan rings is 1. The molecule has 11 nitrogen and oxygen atoms in total. The Kier molecular flexibility index (Phi) is 7.58. The molecule has 1 aliphatic heterocycles. The van der Waals surface area contributed by atoms with Crippen LogP contribution in [0.5, 0.6) is 5.75 Å². The lowest BCUT2D eigenvalue weighted by atomic mass is 9.61.